The van der Waals surface area contributed by atoms with E-state index in [0.29, 0.717) is 12.8 Å². The van der Waals surface area contributed by atoms with E-state index in [-0.39, 0.29) is 12.0 Å². The van der Waals surface area contributed by atoms with Crippen LogP contribution in [0.3, 0.4) is 0 Å². The van der Waals surface area contributed by atoms with Crippen LogP contribution in [0.15, 0.2) is 12.4 Å². The number of hydrogen-bond donors (Lipinski definition) is 2. The molecule has 0 unspecified atom stereocenters. The van der Waals surface area contributed by atoms with E-state index in [9.17, 15) is 22.8 Å². The zero-order valence-corrected chi connectivity index (χ0v) is 12.3. The van der Waals surface area contributed by atoms with Gasteiger partial charge in [0.1, 0.15) is 0 Å². The summed E-state index contributed by atoms with van der Waals surface area (Å²) in [5, 5.41) is 2.74. The zero-order valence-electron chi connectivity index (χ0n) is 12.3. The third-order valence-electron chi connectivity index (χ3n) is 3.87. The molecule has 0 spiro atoms. The number of rotatable bonds is 4. The van der Waals surface area contributed by atoms with E-state index in [2.05, 4.69) is 15.3 Å². The molecular formula is C14H17F3N4O2. The number of alkyl halides is 3. The average Bonchev–Trinajstić information content (AvgIpc) is 2.46. The van der Waals surface area contributed by atoms with E-state index < -0.39 is 29.4 Å². The average molecular weight is 330 g/mol. The Kier molecular flexibility index (Phi) is 4.86. The van der Waals surface area contributed by atoms with E-state index >= 15 is 0 Å². The summed E-state index contributed by atoms with van der Waals surface area (Å²) in [7, 11) is 0. The van der Waals surface area contributed by atoms with Crippen LogP contribution < -0.4 is 11.1 Å². The first-order chi connectivity index (χ1) is 10.7. The van der Waals surface area contributed by atoms with Crippen molar-refractivity contribution < 1.29 is 22.8 Å². The lowest BCUT2D eigenvalue weighted by atomic mass is 9.79. The quantitative estimate of drug-likeness (QED) is 0.879. The predicted octanol–water partition coefficient (Wildman–Crippen LogP) is 1.80. The van der Waals surface area contributed by atoms with Gasteiger partial charge >= 0.3 is 6.18 Å². The maximum absolute atomic E-state index is 12.4. The van der Waals surface area contributed by atoms with Crippen molar-refractivity contribution in [1.82, 2.24) is 15.3 Å². The van der Waals surface area contributed by atoms with Crippen LogP contribution in [0, 0.1) is 0 Å². The zero-order chi connectivity index (χ0) is 17.1. The van der Waals surface area contributed by atoms with E-state index in [1.165, 1.54) is 0 Å². The molecule has 0 bridgehead atoms. The molecule has 3 N–H and O–H groups in total. The van der Waals surface area contributed by atoms with Gasteiger partial charge in [0, 0.05) is 24.4 Å². The van der Waals surface area contributed by atoms with Crippen molar-refractivity contribution in [3.63, 3.8) is 0 Å². The van der Waals surface area contributed by atoms with E-state index in [4.69, 9.17) is 5.73 Å². The Morgan fingerprint density at radius 1 is 1.17 bits per heavy atom. The Labute approximate surface area is 130 Å². The molecule has 1 saturated carbocycles. The smallest absolute Gasteiger partial charge is 0.370 e. The number of carbonyl (C=O) groups excluding carboxylic acids is 2. The maximum atomic E-state index is 12.4. The van der Waals surface area contributed by atoms with Gasteiger partial charge in [-0.15, -0.1) is 0 Å². The third kappa shape index (κ3) is 4.40. The lowest BCUT2D eigenvalue weighted by Crippen LogP contribution is -2.52. The molecule has 126 valence electrons. The van der Waals surface area contributed by atoms with Gasteiger partial charge in [0.15, 0.2) is 0 Å². The molecule has 2 rings (SSSR count). The molecule has 2 amide bonds. The first-order valence-corrected chi connectivity index (χ1v) is 7.22. The van der Waals surface area contributed by atoms with E-state index in [1.54, 1.807) is 0 Å². The van der Waals surface area contributed by atoms with Crippen molar-refractivity contribution in [3.05, 3.63) is 23.8 Å². The molecule has 0 atom stereocenters. The molecule has 1 aromatic heterocycles. The highest BCUT2D eigenvalue weighted by atomic mass is 19.4. The SMILES string of the molecule is NC(=O)CC1(NC(=O)c2cnc(C(F)(F)F)nc2)CCCCC1. The lowest BCUT2D eigenvalue weighted by molar-refractivity contribution is -0.145. The number of carbonyl (C=O) groups is 2. The first-order valence-electron chi connectivity index (χ1n) is 7.22. The Bertz CT molecular complexity index is 581. The van der Waals surface area contributed by atoms with Crippen molar-refractivity contribution in [1.29, 1.82) is 0 Å². The number of hydrogen-bond acceptors (Lipinski definition) is 4. The number of amides is 2. The number of nitrogens with two attached hydrogens (primary N) is 1. The monoisotopic (exact) mass is 330 g/mol. The number of nitrogens with one attached hydrogen (secondary N) is 1. The fraction of sp³-hybridized carbons (Fsp3) is 0.571. The van der Waals surface area contributed by atoms with E-state index in [0.717, 1.165) is 31.7 Å². The van der Waals surface area contributed by atoms with Crippen LogP contribution in [0.4, 0.5) is 13.2 Å². The topological polar surface area (TPSA) is 98.0 Å². The van der Waals surface area contributed by atoms with Crippen LogP contribution in [0.5, 0.6) is 0 Å². The van der Waals surface area contributed by atoms with Crippen molar-refractivity contribution in [2.45, 2.75) is 50.2 Å². The Morgan fingerprint density at radius 2 is 1.74 bits per heavy atom. The summed E-state index contributed by atoms with van der Waals surface area (Å²) in [6.07, 6.45) is 0.879. The number of nitrogens with zero attached hydrogens (tertiary/aromatic N) is 2. The van der Waals surface area contributed by atoms with Gasteiger partial charge in [-0.1, -0.05) is 19.3 Å². The molecule has 1 fully saturated rings. The van der Waals surface area contributed by atoms with Crippen LogP contribution in [0.1, 0.15) is 54.7 Å². The molecule has 1 aliphatic carbocycles. The van der Waals surface area contributed by atoms with Crippen molar-refractivity contribution in [3.8, 4) is 0 Å². The normalized spacial score (nSPS) is 17.5. The van der Waals surface area contributed by atoms with Crippen LogP contribution in [-0.4, -0.2) is 27.3 Å². The first kappa shape index (κ1) is 17.2. The molecule has 6 nitrogen and oxygen atoms in total. The summed E-state index contributed by atoms with van der Waals surface area (Å²) in [4.78, 5) is 29.8. The third-order valence-corrected chi connectivity index (χ3v) is 3.87. The maximum Gasteiger partial charge on any atom is 0.451 e. The molecule has 1 aromatic rings. The van der Waals surface area contributed by atoms with Gasteiger partial charge in [0.2, 0.25) is 11.7 Å². The van der Waals surface area contributed by atoms with Gasteiger partial charge < -0.3 is 11.1 Å². The molecular weight excluding hydrogens is 313 g/mol. The largest absolute Gasteiger partial charge is 0.451 e. The van der Waals surface area contributed by atoms with E-state index in [1.807, 2.05) is 0 Å². The minimum absolute atomic E-state index is 0.000230. The fourth-order valence-corrected chi connectivity index (χ4v) is 2.81. The van der Waals surface area contributed by atoms with Gasteiger partial charge in [-0.2, -0.15) is 13.2 Å². The highest BCUT2D eigenvalue weighted by molar-refractivity contribution is 5.94. The summed E-state index contributed by atoms with van der Waals surface area (Å²) < 4.78 is 37.3. The summed E-state index contributed by atoms with van der Waals surface area (Å²) in [5.74, 6) is -2.45. The van der Waals surface area contributed by atoms with Crippen molar-refractivity contribution in [2.24, 2.45) is 5.73 Å². The van der Waals surface area contributed by atoms with Gasteiger partial charge in [0.25, 0.3) is 5.91 Å². The number of aromatic nitrogens is 2. The highest BCUT2D eigenvalue weighted by Crippen LogP contribution is 2.31. The Balaban J connectivity index is 2.13. The molecule has 0 saturated heterocycles. The highest BCUT2D eigenvalue weighted by Gasteiger charge is 2.37. The van der Waals surface area contributed by atoms with Crippen LogP contribution in [-0.2, 0) is 11.0 Å². The molecule has 0 aromatic carbocycles. The second-order valence-electron chi connectivity index (χ2n) is 5.73. The van der Waals surface area contributed by atoms with Crippen molar-refractivity contribution in [2.75, 3.05) is 0 Å². The van der Waals surface area contributed by atoms with Gasteiger partial charge in [0.05, 0.1) is 5.56 Å². The summed E-state index contributed by atoms with van der Waals surface area (Å²) in [5.41, 5.74) is 4.41. The summed E-state index contributed by atoms with van der Waals surface area (Å²) >= 11 is 0. The number of halogens is 3. The molecule has 0 aliphatic heterocycles. The molecule has 0 radical (unpaired) electrons. The molecule has 1 aliphatic rings. The Hall–Kier alpha value is -2.19. The standard InChI is InChI=1S/C14H17F3N4O2/c15-14(16,17)12-19-7-9(8-20-12)11(23)21-13(6-10(18)22)4-2-1-3-5-13/h7-8H,1-6H2,(H2,18,22)(H,21,23). The number of primary amides is 1. The van der Waals surface area contributed by atoms with Crippen LogP contribution >= 0.6 is 0 Å². The summed E-state index contributed by atoms with van der Waals surface area (Å²) in [6, 6.07) is 0. The summed E-state index contributed by atoms with van der Waals surface area (Å²) in [6.45, 7) is 0. The second kappa shape index (κ2) is 6.51. The fourth-order valence-electron chi connectivity index (χ4n) is 2.81. The van der Waals surface area contributed by atoms with Crippen LogP contribution in [0.25, 0.3) is 0 Å². The molecule has 1 heterocycles. The molecule has 9 heteroatoms. The van der Waals surface area contributed by atoms with Crippen LogP contribution in [0.2, 0.25) is 0 Å². The van der Waals surface area contributed by atoms with Gasteiger partial charge in [-0.3, -0.25) is 9.59 Å². The lowest BCUT2D eigenvalue weighted by Gasteiger charge is -2.37. The van der Waals surface area contributed by atoms with Gasteiger partial charge in [-0.25, -0.2) is 9.97 Å². The minimum Gasteiger partial charge on any atom is -0.370 e. The predicted molar refractivity (Wildman–Crippen MR) is 74.1 cm³/mol. The minimum atomic E-state index is -4.66. The molecule has 23 heavy (non-hydrogen) atoms. The second-order valence-corrected chi connectivity index (χ2v) is 5.73. The Morgan fingerprint density at radius 3 is 2.22 bits per heavy atom. The van der Waals surface area contributed by atoms with Crippen molar-refractivity contribution >= 4 is 11.8 Å². The van der Waals surface area contributed by atoms with Gasteiger partial charge in [-0.05, 0) is 12.8 Å².